The first-order valence-corrected chi connectivity index (χ1v) is 9.10. The molecule has 0 bridgehead atoms. The van der Waals surface area contributed by atoms with Crippen LogP contribution in [0.5, 0.6) is 5.75 Å². The van der Waals surface area contributed by atoms with Crippen LogP contribution in [0.4, 0.5) is 10.1 Å². The average Bonchev–Trinajstić information content (AvgIpc) is 3.47. The smallest absolute Gasteiger partial charge is 0.240 e. The highest BCUT2D eigenvalue weighted by molar-refractivity contribution is 6.13. The minimum absolute atomic E-state index is 0.256. The molecule has 1 saturated carbocycles. The summed E-state index contributed by atoms with van der Waals surface area (Å²) in [5.74, 6) is -0.0974. The number of ether oxygens (including phenoxy) is 1. The maximum Gasteiger partial charge on any atom is 0.240 e. The molecule has 2 aromatic rings. The second-order valence-electron chi connectivity index (χ2n) is 6.63. The molecule has 0 aromatic heterocycles. The van der Waals surface area contributed by atoms with Gasteiger partial charge >= 0.3 is 0 Å². The zero-order valence-electron chi connectivity index (χ0n) is 15.3. The number of anilines is 1. The third kappa shape index (κ3) is 4.64. The van der Waals surface area contributed by atoms with E-state index in [-0.39, 0.29) is 17.6 Å². The lowest BCUT2D eigenvalue weighted by Gasteiger charge is -2.16. The minimum atomic E-state index is -0.985. The fourth-order valence-electron chi connectivity index (χ4n) is 2.87. The molecular weight excluding hydrogens is 347 g/mol. The first-order chi connectivity index (χ1) is 13.0. The molecular formula is C21H23FN2O3. The largest absolute Gasteiger partial charge is 0.494 e. The Morgan fingerprint density at radius 3 is 2.30 bits per heavy atom. The van der Waals surface area contributed by atoms with Crippen LogP contribution in [0, 0.1) is 11.2 Å². The van der Waals surface area contributed by atoms with E-state index in [1.165, 1.54) is 12.1 Å². The quantitative estimate of drug-likeness (QED) is 0.701. The molecule has 0 aliphatic heterocycles. The molecule has 142 valence electrons. The van der Waals surface area contributed by atoms with Gasteiger partial charge in [-0.2, -0.15) is 0 Å². The van der Waals surface area contributed by atoms with E-state index in [4.69, 9.17) is 4.74 Å². The molecule has 0 spiro atoms. The van der Waals surface area contributed by atoms with Crippen LogP contribution in [-0.4, -0.2) is 25.0 Å². The van der Waals surface area contributed by atoms with E-state index in [9.17, 15) is 14.0 Å². The van der Waals surface area contributed by atoms with Gasteiger partial charge in [0.2, 0.25) is 11.8 Å². The van der Waals surface area contributed by atoms with E-state index in [0.717, 1.165) is 11.3 Å². The fraction of sp³-hybridized carbons (Fsp3) is 0.333. The SMILES string of the molecule is CCOc1ccc(NC(=O)C2(C(=O)NCCc3ccc(F)cc3)CC2)cc1. The highest BCUT2D eigenvalue weighted by Crippen LogP contribution is 2.46. The van der Waals surface area contributed by atoms with Gasteiger partial charge < -0.3 is 15.4 Å². The number of amides is 2. The Kier molecular flexibility index (Phi) is 5.74. The Balaban J connectivity index is 1.51. The summed E-state index contributed by atoms with van der Waals surface area (Å²) >= 11 is 0. The first-order valence-electron chi connectivity index (χ1n) is 9.10. The molecule has 5 nitrogen and oxygen atoms in total. The van der Waals surface area contributed by atoms with Crippen molar-refractivity contribution in [2.24, 2.45) is 5.41 Å². The van der Waals surface area contributed by atoms with E-state index in [0.29, 0.717) is 38.1 Å². The van der Waals surface area contributed by atoms with Gasteiger partial charge in [-0.15, -0.1) is 0 Å². The van der Waals surface area contributed by atoms with Crippen LogP contribution in [0.2, 0.25) is 0 Å². The summed E-state index contributed by atoms with van der Waals surface area (Å²) in [5, 5.41) is 5.64. The Bertz CT molecular complexity index is 799. The van der Waals surface area contributed by atoms with Crippen LogP contribution >= 0.6 is 0 Å². The number of carbonyl (C=O) groups is 2. The van der Waals surface area contributed by atoms with E-state index in [1.807, 2.05) is 6.92 Å². The second kappa shape index (κ2) is 8.20. The summed E-state index contributed by atoms with van der Waals surface area (Å²) in [7, 11) is 0. The van der Waals surface area contributed by atoms with Crippen molar-refractivity contribution in [1.29, 1.82) is 0 Å². The number of benzene rings is 2. The Labute approximate surface area is 157 Å². The van der Waals surface area contributed by atoms with Crippen molar-refractivity contribution >= 4 is 17.5 Å². The van der Waals surface area contributed by atoms with Crippen LogP contribution in [0.25, 0.3) is 0 Å². The third-order valence-electron chi connectivity index (χ3n) is 4.65. The number of hydrogen-bond donors (Lipinski definition) is 2. The average molecular weight is 370 g/mol. The van der Waals surface area contributed by atoms with Crippen molar-refractivity contribution in [3.8, 4) is 5.75 Å². The van der Waals surface area contributed by atoms with Gasteiger partial charge in [0.1, 0.15) is 17.0 Å². The summed E-state index contributed by atoms with van der Waals surface area (Å²) in [4.78, 5) is 25.1. The molecule has 0 heterocycles. The lowest BCUT2D eigenvalue weighted by atomic mass is 10.0. The maximum absolute atomic E-state index is 12.9. The van der Waals surface area contributed by atoms with Crippen molar-refractivity contribution in [2.45, 2.75) is 26.2 Å². The maximum atomic E-state index is 12.9. The fourth-order valence-corrected chi connectivity index (χ4v) is 2.87. The minimum Gasteiger partial charge on any atom is -0.494 e. The number of carbonyl (C=O) groups excluding carboxylic acids is 2. The second-order valence-corrected chi connectivity index (χ2v) is 6.63. The van der Waals surface area contributed by atoms with Crippen molar-refractivity contribution in [2.75, 3.05) is 18.5 Å². The van der Waals surface area contributed by atoms with Crippen molar-refractivity contribution in [1.82, 2.24) is 5.32 Å². The standard InChI is InChI=1S/C21H23FN2O3/c1-2-27-18-9-7-17(8-10-18)24-20(26)21(12-13-21)19(25)23-14-11-15-3-5-16(22)6-4-15/h3-10H,2,11-14H2,1H3,(H,23,25)(H,24,26). The number of hydrogen-bond acceptors (Lipinski definition) is 3. The Morgan fingerprint density at radius 2 is 1.70 bits per heavy atom. The predicted octanol–water partition coefficient (Wildman–Crippen LogP) is 3.30. The molecule has 27 heavy (non-hydrogen) atoms. The van der Waals surface area contributed by atoms with Gasteiger partial charge in [0.25, 0.3) is 0 Å². The van der Waals surface area contributed by atoms with Gasteiger partial charge in [-0.25, -0.2) is 4.39 Å². The van der Waals surface area contributed by atoms with Gasteiger partial charge in [-0.05, 0) is 68.1 Å². The normalized spacial score (nSPS) is 14.3. The van der Waals surface area contributed by atoms with Crippen LogP contribution in [0.1, 0.15) is 25.3 Å². The third-order valence-corrected chi connectivity index (χ3v) is 4.65. The molecule has 0 atom stereocenters. The van der Waals surface area contributed by atoms with E-state index >= 15 is 0 Å². The molecule has 2 amide bonds. The molecule has 0 radical (unpaired) electrons. The lowest BCUT2D eigenvalue weighted by molar-refractivity contribution is -0.134. The molecule has 0 unspecified atom stereocenters. The number of nitrogens with one attached hydrogen (secondary N) is 2. The molecule has 1 fully saturated rings. The lowest BCUT2D eigenvalue weighted by Crippen LogP contribution is -2.40. The summed E-state index contributed by atoms with van der Waals surface area (Å²) in [6.45, 7) is 2.89. The van der Waals surface area contributed by atoms with Crippen LogP contribution in [0.15, 0.2) is 48.5 Å². The van der Waals surface area contributed by atoms with E-state index in [1.54, 1.807) is 36.4 Å². The highest BCUT2D eigenvalue weighted by Gasteiger charge is 2.56. The summed E-state index contributed by atoms with van der Waals surface area (Å²) in [5.41, 5.74) is 0.579. The first kappa shape index (κ1) is 18.9. The van der Waals surface area contributed by atoms with Gasteiger partial charge in [0, 0.05) is 12.2 Å². The molecule has 6 heteroatoms. The molecule has 3 rings (SSSR count). The topological polar surface area (TPSA) is 67.4 Å². The van der Waals surface area contributed by atoms with Crippen molar-refractivity contribution < 1.29 is 18.7 Å². The van der Waals surface area contributed by atoms with Gasteiger partial charge in [-0.1, -0.05) is 12.1 Å². The van der Waals surface area contributed by atoms with Crippen LogP contribution in [-0.2, 0) is 16.0 Å². The van der Waals surface area contributed by atoms with E-state index in [2.05, 4.69) is 10.6 Å². The number of halogens is 1. The molecule has 1 aliphatic rings. The van der Waals surface area contributed by atoms with Crippen LogP contribution in [0.3, 0.4) is 0 Å². The van der Waals surface area contributed by atoms with Gasteiger partial charge in [0.05, 0.1) is 6.61 Å². The van der Waals surface area contributed by atoms with Gasteiger partial charge in [0.15, 0.2) is 0 Å². The molecule has 2 aromatic carbocycles. The highest BCUT2D eigenvalue weighted by atomic mass is 19.1. The predicted molar refractivity (Wildman–Crippen MR) is 101 cm³/mol. The summed E-state index contributed by atoms with van der Waals surface area (Å²) in [6.07, 6.45) is 1.67. The Morgan fingerprint density at radius 1 is 1.04 bits per heavy atom. The zero-order valence-corrected chi connectivity index (χ0v) is 15.3. The summed E-state index contributed by atoms with van der Waals surface area (Å²) < 4.78 is 18.3. The van der Waals surface area contributed by atoms with Gasteiger partial charge in [-0.3, -0.25) is 9.59 Å². The number of rotatable bonds is 8. The Hall–Kier alpha value is -2.89. The van der Waals surface area contributed by atoms with Crippen molar-refractivity contribution in [3.05, 3.63) is 59.9 Å². The van der Waals surface area contributed by atoms with Crippen molar-refractivity contribution in [3.63, 3.8) is 0 Å². The molecule has 0 saturated heterocycles. The molecule has 2 N–H and O–H groups in total. The zero-order chi connectivity index (χ0) is 19.3. The monoisotopic (exact) mass is 370 g/mol. The molecule has 1 aliphatic carbocycles. The summed E-state index contributed by atoms with van der Waals surface area (Å²) in [6, 6.07) is 13.2. The van der Waals surface area contributed by atoms with E-state index < -0.39 is 5.41 Å². The van der Waals surface area contributed by atoms with Crippen LogP contribution < -0.4 is 15.4 Å².